The van der Waals surface area contributed by atoms with Gasteiger partial charge in [0.15, 0.2) is 0 Å². The highest BCUT2D eigenvalue weighted by atomic mass is 35.5. The number of hydrogen-bond donors (Lipinski definition) is 2. The van der Waals surface area contributed by atoms with Gasteiger partial charge in [-0.1, -0.05) is 23.7 Å². The van der Waals surface area contributed by atoms with Crippen molar-refractivity contribution in [3.05, 3.63) is 59.4 Å². The fourth-order valence-corrected chi connectivity index (χ4v) is 4.15. The second kappa shape index (κ2) is 8.31. The second-order valence-corrected chi connectivity index (χ2v) is 7.84. The molecule has 1 unspecified atom stereocenters. The number of carbonyl (C=O) groups excluding carboxylic acids is 3. The summed E-state index contributed by atoms with van der Waals surface area (Å²) in [6.45, 7) is 2.59. The molecular formula is C21H22ClN5O3. The summed E-state index contributed by atoms with van der Waals surface area (Å²) >= 11 is 6.07. The third kappa shape index (κ3) is 3.95. The molecule has 0 radical (unpaired) electrons. The van der Waals surface area contributed by atoms with E-state index in [0.717, 1.165) is 5.69 Å². The van der Waals surface area contributed by atoms with Crippen LogP contribution in [0.4, 0.5) is 10.5 Å². The Bertz CT molecular complexity index is 962. The van der Waals surface area contributed by atoms with E-state index >= 15 is 0 Å². The van der Waals surface area contributed by atoms with Crippen LogP contribution in [0.5, 0.6) is 0 Å². The number of anilines is 1. The Morgan fingerprint density at radius 2 is 1.93 bits per heavy atom. The Labute approximate surface area is 179 Å². The molecule has 1 aromatic heterocycles. The number of piperazine rings is 1. The first-order chi connectivity index (χ1) is 14.5. The average Bonchev–Trinajstić information content (AvgIpc) is 3.06. The van der Waals surface area contributed by atoms with Crippen LogP contribution < -0.4 is 15.5 Å². The number of carbonyl (C=O) groups is 3. The summed E-state index contributed by atoms with van der Waals surface area (Å²) in [5, 5.41) is 5.66. The largest absolute Gasteiger partial charge is 0.368 e. The van der Waals surface area contributed by atoms with Crippen molar-refractivity contribution in [3.8, 4) is 0 Å². The Morgan fingerprint density at radius 1 is 1.13 bits per heavy atom. The number of nitrogens with one attached hydrogen (secondary N) is 2. The summed E-state index contributed by atoms with van der Waals surface area (Å²) in [5.74, 6) is -0.503. The van der Waals surface area contributed by atoms with Crippen LogP contribution >= 0.6 is 11.6 Å². The Balaban J connectivity index is 1.39. The molecule has 30 heavy (non-hydrogen) atoms. The normalized spacial score (nSPS) is 21.4. The lowest BCUT2D eigenvalue weighted by Crippen LogP contribution is -2.50. The van der Waals surface area contributed by atoms with Crippen molar-refractivity contribution in [1.82, 2.24) is 20.5 Å². The number of pyridine rings is 1. The topological polar surface area (TPSA) is 94.6 Å². The molecule has 2 fully saturated rings. The molecule has 0 bridgehead atoms. The van der Waals surface area contributed by atoms with Gasteiger partial charge in [-0.2, -0.15) is 0 Å². The van der Waals surface area contributed by atoms with Crippen LogP contribution in [0.1, 0.15) is 18.4 Å². The van der Waals surface area contributed by atoms with Crippen LogP contribution in [0.2, 0.25) is 5.02 Å². The zero-order valence-corrected chi connectivity index (χ0v) is 17.1. The molecule has 2 N–H and O–H groups in total. The van der Waals surface area contributed by atoms with Crippen LogP contribution in [0, 0.1) is 0 Å². The molecule has 0 spiro atoms. The maximum atomic E-state index is 12.8. The number of amides is 4. The molecule has 2 aliphatic rings. The molecule has 0 aliphatic carbocycles. The summed E-state index contributed by atoms with van der Waals surface area (Å²) in [7, 11) is 0. The smallest absolute Gasteiger partial charge is 0.322 e. The number of nitrogens with zero attached hydrogens (tertiary/aromatic N) is 3. The van der Waals surface area contributed by atoms with Crippen LogP contribution in [0.3, 0.4) is 0 Å². The third-order valence-electron chi connectivity index (χ3n) is 5.62. The van der Waals surface area contributed by atoms with Gasteiger partial charge in [-0.3, -0.25) is 19.9 Å². The Hall–Kier alpha value is -3.13. The zero-order valence-electron chi connectivity index (χ0n) is 16.3. The molecule has 8 nitrogen and oxygen atoms in total. The number of halogens is 1. The predicted molar refractivity (Wildman–Crippen MR) is 112 cm³/mol. The van der Waals surface area contributed by atoms with Gasteiger partial charge < -0.3 is 15.1 Å². The minimum atomic E-state index is -1.27. The summed E-state index contributed by atoms with van der Waals surface area (Å²) < 4.78 is 0. The van der Waals surface area contributed by atoms with Crippen molar-refractivity contribution in [2.24, 2.45) is 0 Å². The van der Waals surface area contributed by atoms with E-state index in [0.29, 0.717) is 36.8 Å². The highest BCUT2D eigenvalue weighted by molar-refractivity contribution is 6.30. The summed E-state index contributed by atoms with van der Waals surface area (Å²) in [5.41, 5.74) is 0.325. The van der Waals surface area contributed by atoms with E-state index in [1.165, 1.54) is 0 Å². The lowest BCUT2D eigenvalue weighted by molar-refractivity contribution is -0.132. The van der Waals surface area contributed by atoms with Gasteiger partial charge >= 0.3 is 6.03 Å². The van der Waals surface area contributed by atoms with Crippen molar-refractivity contribution in [3.63, 3.8) is 0 Å². The van der Waals surface area contributed by atoms with Crippen molar-refractivity contribution in [2.75, 3.05) is 31.1 Å². The van der Waals surface area contributed by atoms with Gasteiger partial charge in [0.05, 0.1) is 0 Å². The maximum Gasteiger partial charge on any atom is 0.322 e. The van der Waals surface area contributed by atoms with Gasteiger partial charge in [-0.25, -0.2) is 4.79 Å². The van der Waals surface area contributed by atoms with Gasteiger partial charge in [0, 0.05) is 61.3 Å². The number of rotatable bonds is 5. The first-order valence-electron chi connectivity index (χ1n) is 9.80. The molecular weight excluding hydrogens is 406 g/mol. The molecule has 2 saturated heterocycles. The van der Waals surface area contributed by atoms with E-state index in [-0.39, 0.29) is 18.7 Å². The molecule has 4 amide bonds. The first kappa shape index (κ1) is 20.2. The standard InChI is InChI=1S/C21H22ClN5O3/c22-16-4-1-5-17(13-16)26-9-11-27(12-10-26)18(28)6-7-21(15-3-2-8-23-14-15)19(29)24-20(30)25-21/h1-5,8,13-14H,6-7,9-12H2,(H2,24,25,29,30). The van der Waals surface area contributed by atoms with Crippen LogP contribution in [0.15, 0.2) is 48.8 Å². The number of urea groups is 1. The average molecular weight is 428 g/mol. The molecule has 2 aliphatic heterocycles. The minimum Gasteiger partial charge on any atom is -0.368 e. The second-order valence-electron chi connectivity index (χ2n) is 7.40. The summed E-state index contributed by atoms with van der Waals surface area (Å²) in [6, 6.07) is 10.5. The van der Waals surface area contributed by atoms with Crippen molar-refractivity contribution >= 4 is 35.1 Å². The van der Waals surface area contributed by atoms with E-state index in [2.05, 4.69) is 20.5 Å². The van der Waals surface area contributed by atoms with Crippen LogP contribution in [-0.2, 0) is 15.1 Å². The van der Waals surface area contributed by atoms with E-state index in [4.69, 9.17) is 11.6 Å². The van der Waals surface area contributed by atoms with Gasteiger partial charge in [0.1, 0.15) is 5.54 Å². The first-order valence-corrected chi connectivity index (χ1v) is 10.2. The quantitative estimate of drug-likeness (QED) is 0.711. The van der Waals surface area contributed by atoms with Crippen molar-refractivity contribution in [1.29, 1.82) is 0 Å². The Kier molecular flexibility index (Phi) is 5.59. The lowest BCUT2D eigenvalue weighted by Gasteiger charge is -2.36. The third-order valence-corrected chi connectivity index (χ3v) is 5.85. The van der Waals surface area contributed by atoms with Gasteiger partial charge in [-0.05, 0) is 30.7 Å². The fraction of sp³-hybridized carbons (Fsp3) is 0.333. The molecule has 0 saturated carbocycles. The number of aromatic nitrogens is 1. The SMILES string of the molecule is O=C1NC(=O)C(CCC(=O)N2CCN(c3cccc(Cl)c3)CC2)(c2cccnc2)N1. The molecule has 4 rings (SSSR count). The molecule has 9 heteroatoms. The number of hydrogen-bond acceptors (Lipinski definition) is 5. The summed E-state index contributed by atoms with van der Waals surface area (Å²) in [6.07, 6.45) is 3.44. The minimum absolute atomic E-state index is 0.0436. The number of imide groups is 1. The van der Waals surface area contributed by atoms with E-state index in [1.807, 2.05) is 24.3 Å². The van der Waals surface area contributed by atoms with Crippen LogP contribution in [0.25, 0.3) is 0 Å². The summed E-state index contributed by atoms with van der Waals surface area (Å²) in [4.78, 5) is 45.3. The lowest BCUT2D eigenvalue weighted by atomic mass is 9.86. The molecule has 156 valence electrons. The monoisotopic (exact) mass is 427 g/mol. The molecule has 1 aromatic carbocycles. The van der Waals surface area contributed by atoms with E-state index < -0.39 is 17.5 Å². The molecule has 1 atom stereocenters. The van der Waals surface area contributed by atoms with Gasteiger partial charge in [0.2, 0.25) is 5.91 Å². The highest BCUT2D eigenvalue weighted by Crippen LogP contribution is 2.30. The molecule has 3 heterocycles. The van der Waals surface area contributed by atoms with Gasteiger partial charge in [-0.15, -0.1) is 0 Å². The predicted octanol–water partition coefficient (Wildman–Crippen LogP) is 1.90. The fourth-order valence-electron chi connectivity index (χ4n) is 3.97. The molecule has 2 aromatic rings. The number of benzene rings is 1. The van der Waals surface area contributed by atoms with E-state index in [9.17, 15) is 14.4 Å². The van der Waals surface area contributed by atoms with Gasteiger partial charge in [0.25, 0.3) is 5.91 Å². The maximum absolute atomic E-state index is 12.8. The Morgan fingerprint density at radius 3 is 2.57 bits per heavy atom. The van der Waals surface area contributed by atoms with Crippen molar-refractivity contribution < 1.29 is 14.4 Å². The zero-order chi connectivity index (χ0) is 21.1. The highest BCUT2D eigenvalue weighted by Gasteiger charge is 2.48. The van der Waals surface area contributed by atoms with E-state index in [1.54, 1.807) is 29.4 Å². The van der Waals surface area contributed by atoms with Crippen LogP contribution in [-0.4, -0.2) is 53.9 Å². The van der Waals surface area contributed by atoms with Crippen molar-refractivity contribution in [2.45, 2.75) is 18.4 Å².